The lowest BCUT2D eigenvalue weighted by Crippen LogP contribution is -2.33. The van der Waals surface area contributed by atoms with E-state index in [1.54, 1.807) is 12.2 Å². The maximum Gasteiger partial charge on any atom is 0.323 e. The largest absolute Gasteiger partial charge is 0.480 e. The molecular formula is C27H33NO3S2. The molecule has 0 aromatic heterocycles. The van der Waals surface area contributed by atoms with Crippen molar-refractivity contribution in [3.8, 4) is 0 Å². The highest BCUT2D eigenvalue weighted by Gasteiger charge is 2.32. The average molecular weight is 484 g/mol. The summed E-state index contributed by atoms with van der Waals surface area (Å²) in [6, 6.07) is 0. The molecule has 1 heterocycles. The summed E-state index contributed by atoms with van der Waals surface area (Å²) in [6.45, 7) is 10.6. The zero-order valence-corrected chi connectivity index (χ0v) is 21.7. The van der Waals surface area contributed by atoms with Crippen LogP contribution >= 0.6 is 24.0 Å². The fourth-order valence-electron chi connectivity index (χ4n) is 3.82. The van der Waals surface area contributed by atoms with Crippen LogP contribution in [0.5, 0.6) is 0 Å². The molecule has 0 aromatic carbocycles. The predicted molar refractivity (Wildman–Crippen MR) is 143 cm³/mol. The number of thiocarbonyl (C=S) groups is 1. The van der Waals surface area contributed by atoms with Crippen LogP contribution in [0.2, 0.25) is 0 Å². The van der Waals surface area contributed by atoms with Crippen molar-refractivity contribution in [3.63, 3.8) is 0 Å². The standard InChI is InChI=1S/C27H33NO3S2/c1-19(10-6-7-14-23-25(31)28(18-24(29)30)26(32)33-23)11-8-12-20(2)15-16-22-21(3)13-9-17-27(22,4)5/h6-8,10-12,14-16H,9,13,17-18H2,1-5H3,(H,29,30)/b7-6+,11-8+,16-15+,19-10+,20-12+,23-14+. The zero-order valence-electron chi connectivity index (χ0n) is 20.1. The topological polar surface area (TPSA) is 57.6 Å². The zero-order chi connectivity index (χ0) is 24.6. The summed E-state index contributed by atoms with van der Waals surface area (Å²) in [4.78, 5) is 24.6. The molecular weight excluding hydrogens is 450 g/mol. The van der Waals surface area contributed by atoms with Gasteiger partial charge in [-0.3, -0.25) is 14.5 Å². The SMILES string of the molecule is CC1=C(/C=C/C(C)=C/C=C/C(C)=C/C=C/C=C2/SC(=S)N(CC(=O)O)C2=O)C(C)(C)CCC1. The van der Waals surface area contributed by atoms with Crippen LogP contribution in [0, 0.1) is 5.41 Å². The number of aliphatic carboxylic acids is 1. The Balaban J connectivity index is 1.94. The first kappa shape index (κ1) is 26.8. The Morgan fingerprint density at radius 1 is 1.15 bits per heavy atom. The second-order valence-corrected chi connectivity index (χ2v) is 10.7. The van der Waals surface area contributed by atoms with Gasteiger partial charge >= 0.3 is 5.97 Å². The second kappa shape index (κ2) is 12.1. The lowest BCUT2D eigenvalue weighted by molar-refractivity contribution is -0.140. The van der Waals surface area contributed by atoms with E-state index in [0.29, 0.717) is 4.91 Å². The molecule has 2 aliphatic rings. The van der Waals surface area contributed by atoms with Gasteiger partial charge in [-0.2, -0.15) is 0 Å². The molecule has 0 atom stereocenters. The normalized spacial score (nSPS) is 21.6. The second-order valence-electron chi connectivity index (χ2n) is 9.01. The van der Waals surface area contributed by atoms with Gasteiger partial charge in [0.25, 0.3) is 5.91 Å². The summed E-state index contributed by atoms with van der Waals surface area (Å²) in [5, 5.41) is 8.88. The van der Waals surface area contributed by atoms with Crippen molar-refractivity contribution in [1.82, 2.24) is 4.90 Å². The molecule has 1 aliphatic carbocycles. The van der Waals surface area contributed by atoms with Gasteiger partial charge in [0, 0.05) is 0 Å². The monoisotopic (exact) mass is 483 g/mol. The van der Waals surface area contributed by atoms with Crippen molar-refractivity contribution in [2.24, 2.45) is 5.41 Å². The van der Waals surface area contributed by atoms with Gasteiger partial charge in [0.2, 0.25) is 0 Å². The number of rotatable bonds is 8. The first-order valence-electron chi connectivity index (χ1n) is 11.1. The molecule has 0 bridgehead atoms. The van der Waals surface area contributed by atoms with Gasteiger partial charge in [-0.05, 0) is 57.1 Å². The third-order valence-electron chi connectivity index (χ3n) is 5.66. The van der Waals surface area contributed by atoms with Crippen LogP contribution in [0.25, 0.3) is 0 Å². The van der Waals surface area contributed by atoms with Crippen molar-refractivity contribution in [2.45, 2.75) is 53.9 Å². The van der Waals surface area contributed by atoms with Crippen molar-refractivity contribution in [2.75, 3.05) is 6.54 Å². The van der Waals surface area contributed by atoms with Crippen molar-refractivity contribution in [3.05, 3.63) is 81.9 Å². The molecule has 33 heavy (non-hydrogen) atoms. The molecule has 176 valence electrons. The molecule has 0 unspecified atom stereocenters. The van der Waals surface area contributed by atoms with Crippen molar-refractivity contribution >= 4 is 40.2 Å². The van der Waals surface area contributed by atoms with Crippen LogP contribution in [0.1, 0.15) is 53.9 Å². The van der Waals surface area contributed by atoms with E-state index in [0.717, 1.165) is 22.2 Å². The van der Waals surface area contributed by atoms with Gasteiger partial charge in [-0.25, -0.2) is 0 Å². The van der Waals surface area contributed by atoms with E-state index in [9.17, 15) is 9.59 Å². The summed E-state index contributed by atoms with van der Waals surface area (Å²) < 4.78 is 0.270. The van der Waals surface area contributed by atoms with E-state index in [1.807, 2.05) is 31.2 Å². The Morgan fingerprint density at radius 3 is 2.48 bits per heavy atom. The number of allylic oxidation sites excluding steroid dienone is 13. The van der Waals surface area contributed by atoms with Crippen LogP contribution in [0.15, 0.2) is 81.9 Å². The van der Waals surface area contributed by atoms with E-state index < -0.39 is 12.5 Å². The third-order valence-corrected chi connectivity index (χ3v) is 7.05. The quantitative estimate of drug-likeness (QED) is 0.231. The fraction of sp³-hybridized carbons (Fsp3) is 0.370. The minimum absolute atomic E-state index is 0.247. The molecule has 0 aromatic rings. The smallest absolute Gasteiger partial charge is 0.323 e. The van der Waals surface area contributed by atoms with Gasteiger partial charge < -0.3 is 5.11 Å². The lowest BCUT2D eigenvalue weighted by Gasteiger charge is -2.32. The van der Waals surface area contributed by atoms with Gasteiger partial charge in [-0.1, -0.05) is 103 Å². The summed E-state index contributed by atoms with van der Waals surface area (Å²) in [7, 11) is 0. The molecule has 0 spiro atoms. The Kier molecular flexibility index (Phi) is 9.87. The third kappa shape index (κ3) is 8.13. The Hall–Kier alpha value is -2.44. The first-order valence-corrected chi connectivity index (χ1v) is 12.3. The summed E-state index contributed by atoms with van der Waals surface area (Å²) in [6.07, 6.45) is 21.5. The molecule has 0 saturated carbocycles. The van der Waals surface area contributed by atoms with Crippen LogP contribution in [-0.4, -0.2) is 32.7 Å². The molecule has 0 radical (unpaired) electrons. The molecule has 4 nitrogen and oxygen atoms in total. The van der Waals surface area contributed by atoms with E-state index in [4.69, 9.17) is 17.3 Å². The number of nitrogens with zero attached hydrogens (tertiary/aromatic N) is 1. The number of carbonyl (C=O) groups is 2. The highest BCUT2D eigenvalue weighted by atomic mass is 32.2. The minimum atomic E-state index is -1.08. The van der Waals surface area contributed by atoms with E-state index >= 15 is 0 Å². The van der Waals surface area contributed by atoms with Crippen LogP contribution in [0.3, 0.4) is 0 Å². The Bertz CT molecular complexity index is 1020. The van der Waals surface area contributed by atoms with E-state index in [1.165, 1.54) is 36.0 Å². The molecule has 6 heteroatoms. The number of amides is 1. The average Bonchev–Trinajstić information content (AvgIpc) is 2.97. The van der Waals surface area contributed by atoms with Crippen LogP contribution < -0.4 is 0 Å². The number of carbonyl (C=O) groups excluding carboxylic acids is 1. The highest BCUT2D eigenvalue weighted by Crippen LogP contribution is 2.40. The first-order chi connectivity index (χ1) is 15.5. The molecule has 1 fully saturated rings. The summed E-state index contributed by atoms with van der Waals surface area (Å²) in [5.74, 6) is -1.45. The Morgan fingerprint density at radius 2 is 1.82 bits per heavy atom. The lowest BCUT2D eigenvalue weighted by atomic mass is 9.72. The van der Waals surface area contributed by atoms with Gasteiger partial charge in [0.15, 0.2) is 0 Å². The highest BCUT2D eigenvalue weighted by molar-refractivity contribution is 8.26. The van der Waals surface area contributed by atoms with E-state index in [2.05, 4.69) is 45.9 Å². The maximum atomic E-state index is 12.2. The summed E-state index contributed by atoms with van der Waals surface area (Å²) >= 11 is 6.20. The number of carboxylic acids is 1. The predicted octanol–water partition coefficient (Wildman–Crippen LogP) is 6.90. The summed E-state index contributed by atoms with van der Waals surface area (Å²) in [5.41, 5.74) is 5.47. The van der Waals surface area contributed by atoms with Crippen LogP contribution in [0.4, 0.5) is 0 Å². The number of hydrogen-bond donors (Lipinski definition) is 1. The molecule has 1 N–H and O–H groups in total. The number of hydrogen-bond acceptors (Lipinski definition) is 4. The van der Waals surface area contributed by atoms with E-state index in [-0.39, 0.29) is 15.6 Å². The molecule has 1 amide bonds. The van der Waals surface area contributed by atoms with Crippen molar-refractivity contribution in [1.29, 1.82) is 0 Å². The van der Waals surface area contributed by atoms with Crippen LogP contribution in [-0.2, 0) is 9.59 Å². The molecule has 1 aliphatic heterocycles. The van der Waals surface area contributed by atoms with Gasteiger partial charge in [0.05, 0.1) is 4.91 Å². The Labute approximate surface area is 207 Å². The molecule has 2 rings (SSSR count). The fourth-order valence-corrected chi connectivity index (χ4v) is 5.03. The number of thioether (sulfide) groups is 1. The van der Waals surface area contributed by atoms with Gasteiger partial charge in [-0.15, -0.1) is 0 Å². The molecule has 1 saturated heterocycles. The maximum absolute atomic E-state index is 12.2. The number of carboxylic acid groups (broad SMARTS) is 1. The van der Waals surface area contributed by atoms with Crippen molar-refractivity contribution < 1.29 is 14.7 Å². The minimum Gasteiger partial charge on any atom is -0.480 e. The van der Waals surface area contributed by atoms with Gasteiger partial charge in [0.1, 0.15) is 10.9 Å².